The summed E-state index contributed by atoms with van der Waals surface area (Å²) in [5.74, 6) is -0.541. The molecule has 0 heterocycles. The van der Waals surface area contributed by atoms with Crippen molar-refractivity contribution in [3.63, 3.8) is 0 Å². The molecule has 2 aromatic carbocycles. The molecule has 0 amide bonds. The van der Waals surface area contributed by atoms with Crippen LogP contribution in [0.1, 0.15) is 11.1 Å². The molecule has 5 heteroatoms. The summed E-state index contributed by atoms with van der Waals surface area (Å²) >= 11 is 0. The van der Waals surface area contributed by atoms with Crippen LogP contribution in [0.3, 0.4) is 0 Å². The van der Waals surface area contributed by atoms with Gasteiger partial charge in [0.2, 0.25) is 0 Å². The number of anilines is 1. The summed E-state index contributed by atoms with van der Waals surface area (Å²) in [6.45, 7) is 0.433. The highest BCUT2D eigenvalue weighted by atomic mass is 19.1. The van der Waals surface area contributed by atoms with E-state index in [4.69, 9.17) is 15.1 Å². The molecule has 0 fully saturated rings. The maximum atomic E-state index is 13.2. The first-order valence-electron chi connectivity index (χ1n) is 5.93. The van der Waals surface area contributed by atoms with Crippen LogP contribution in [-0.4, -0.2) is 12.2 Å². The Morgan fingerprint density at radius 3 is 2.75 bits per heavy atom. The average Bonchev–Trinajstić information content (AvgIpc) is 2.48. The van der Waals surface area contributed by atoms with Gasteiger partial charge in [0.15, 0.2) is 11.6 Å². The third-order valence-corrected chi connectivity index (χ3v) is 2.83. The molecule has 2 aromatic rings. The van der Waals surface area contributed by atoms with Gasteiger partial charge in [0.25, 0.3) is 0 Å². The van der Waals surface area contributed by atoms with Crippen LogP contribution in [0.15, 0.2) is 36.4 Å². The Morgan fingerprint density at radius 1 is 1.30 bits per heavy atom. The molecule has 0 aliphatic heterocycles. The SMILES string of the molecule is COc1ccc(CNc2ccc(O)c(F)c2)cc1C#N. The summed E-state index contributed by atoms with van der Waals surface area (Å²) < 4.78 is 18.2. The molecular formula is C15H13FN2O2. The summed E-state index contributed by atoms with van der Waals surface area (Å²) in [5, 5.41) is 21.1. The second-order valence-corrected chi connectivity index (χ2v) is 4.17. The zero-order chi connectivity index (χ0) is 14.5. The number of ether oxygens (including phenoxy) is 1. The van der Waals surface area contributed by atoms with E-state index < -0.39 is 5.82 Å². The fourth-order valence-electron chi connectivity index (χ4n) is 1.77. The summed E-state index contributed by atoms with van der Waals surface area (Å²) in [6, 6.07) is 11.4. The van der Waals surface area contributed by atoms with Gasteiger partial charge in [-0.15, -0.1) is 0 Å². The lowest BCUT2D eigenvalue weighted by atomic mass is 10.1. The lowest BCUT2D eigenvalue weighted by Gasteiger charge is -2.09. The topological polar surface area (TPSA) is 65.3 Å². The number of rotatable bonds is 4. The Labute approximate surface area is 116 Å². The molecular weight excluding hydrogens is 259 g/mol. The van der Waals surface area contributed by atoms with Gasteiger partial charge in [-0.3, -0.25) is 0 Å². The van der Waals surface area contributed by atoms with Crippen LogP contribution in [-0.2, 0) is 6.54 Å². The maximum Gasteiger partial charge on any atom is 0.166 e. The van der Waals surface area contributed by atoms with Crippen LogP contribution in [0.5, 0.6) is 11.5 Å². The van der Waals surface area contributed by atoms with Gasteiger partial charge >= 0.3 is 0 Å². The molecule has 0 bridgehead atoms. The molecule has 0 aliphatic rings. The van der Waals surface area contributed by atoms with E-state index in [-0.39, 0.29) is 5.75 Å². The minimum atomic E-state index is -0.678. The second-order valence-electron chi connectivity index (χ2n) is 4.17. The number of hydrogen-bond donors (Lipinski definition) is 2. The molecule has 0 aromatic heterocycles. The fraction of sp³-hybridized carbons (Fsp3) is 0.133. The van der Waals surface area contributed by atoms with E-state index >= 15 is 0 Å². The Morgan fingerprint density at radius 2 is 2.10 bits per heavy atom. The molecule has 0 radical (unpaired) electrons. The van der Waals surface area contributed by atoms with Gasteiger partial charge in [0.05, 0.1) is 12.7 Å². The number of phenols is 1. The van der Waals surface area contributed by atoms with Crippen molar-refractivity contribution in [3.8, 4) is 17.6 Å². The number of aromatic hydroxyl groups is 1. The Bertz CT molecular complexity index is 665. The summed E-state index contributed by atoms with van der Waals surface area (Å²) in [4.78, 5) is 0. The number of nitrogens with one attached hydrogen (secondary N) is 1. The standard InChI is InChI=1S/C15H13FN2O2/c1-20-15-5-2-10(6-11(15)8-17)9-18-12-3-4-14(19)13(16)7-12/h2-7,18-19H,9H2,1H3. The predicted octanol–water partition coefficient (Wildman–Crippen LogP) is 3.02. The highest BCUT2D eigenvalue weighted by molar-refractivity contribution is 5.49. The largest absolute Gasteiger partial charge is 0.505 e. The van der Waals surface area contributed by atoms with Gasteiger partial charge in [0, 0.05) is 18.3 Å². The number of nitrogens with zero attached hydrogens (tertiary/aromatic N) is 1. The zero-order valence-electron chi connectivity index (χ0n) is 10.9. The normalized spacial score (nSPS) is 9.85. The van der Waals surface area contributed by atoms with Crippen molar-refractivity contribution in [3.05, 3.63) is 53.3 Å². The quantitative estimate of drug-likeness (QED) is 0.840. The molecule has 0 saturated carbocycles. The lowest BCUT2D eigenvalue weighted by molar-refractivity contribution is 0.413. The molecule has 2 rings (SSSR count). The van der Waals surface area contributed by atoms with Gasteiger partial charge in [-0.1, -0.05) is 6.07 Å². The number of hydrogen-bond acceptors (Lipinski definition) is 4. The van der Waals surface area contributed by atoms with Crippen molar-refractivity contribution < 1.29 is 14.2 Å². The maximum absolute atomic E-state index is 13.2. The minimum Gasteiger partial charge on any atom is -0.505 e. The van der Waals surface area contributed by atoms with E-state index in [0.29, 0.717) is 23.5 Å². The Hall–Kier alpha value is -2.74. The van der Waals surface area contributed by atoms with Gasteiger partial charge in [0.1, 0.15) is 11.8 Å². The molecule has 2 N–H and O–H groups in total. The zero-order valence-corrected chi connectivity index (χ0v) is 10.9. The van der Waals surface area contributed by atoms with Crippen molar-refractivity contribution >= 4 is 5.69 Å². The van der Waals surface area contributed by atoms with E-state index in [1.165, 1.54) is 19.2 Å². The fourth-order valence-corrected chi connectivity index (χ4v) is 1.77. The highest BCUT2D eigenvalue weighted by Gasteiger charge is 2.05. The van der Waals surface area contributed by atoms with Crippen LogP contribution in [0, 0.1) is 17.1 Å². The number of halogens is 1. The molecule has 4 nitrogen and oxygen atoms in total. The number of benzene rings is 2. The third kappa shape index (κ3) is 2.98. The first-order chi connectivity index (χ1) is 9.63. The van der Waals surface area contributed by atoms with Crippen LogP contribution in [0.2, 0.25) is 0 Å². The van der Waals surface area contributed by atoms with Crippen molar-refractivity contribution in [1.82, 2.24) is 0 Å². The summed E-state index contributed by atoms with van der Waals surface area (Å²) in [6.07, 6.45) is 0. The molecule has 0 unspecified atom stereocenters. The predicted molar refractivity (Wildman–Crippen MR) is 73.1 cm³/mol. The van der Waals surface area contributed by atoms with E-state index in [2.05, 4.69) is 11.4 Å². The Balaban J connectivity index is 2.11. The number of nitriles is 1. The Kier molecular flexibility index (Phi) is 4.06. The monoisotopic (exact) mass is 272 g/mol. The summed E-state index contributed by atoms with van der Waals surface area (Å²) in [7, 11) is 1.51. The summed E-state index contributed by atoms with van der Waals surface area (Å²) in [5.41, 5.74) is 1.87. The van der Waals surface area contributed by atoms with Crippen molar-refractivity contribution in [2.24, 2.45) is 0 Å². The van der Waals surface area contributed by atoms with Crippen molar-refractivity contribution in [2.45, 2.75) is 6.54 Å². The van der Waals surface area contributed by atoms with Crippen molar-refractivity contribution in [2.75, 3.05) is 12.4 Å². The molecule has 102 valence electrons. The minimum absolute atomic E-state index is 0.383. The van der Waals surface area contributed by atoms with Crippen LogP contribution >= 0.6 is 0 Å². The van der Waals surface area contributed by atoms with Gasteiger partial charge < -0.3 is 15.2 Å². The van der Waals surface area contributed by atoms with Crippen LogP contribution < -0.4 is 10.1 Å². The smallest absolute Gasteiger partial charge is 0.166 e. The average molecular weight is 272 g/mol. The second kappa shape index (κ2) is 5.93. The number of phenolic OH excluding ortho intramolecular Hbond substituents is 1. The first-order valence-corrected chi connectivity index (χ1v) is 5.93. The van der Waals surface area contributed by atoms with Gasteiger partial charge in [-0.2, -0.15) is 5.26 Å². The molecule has 0 spiro atoms. The van der Waals surface area contributed by atoms with Gasteiger partial charge in [-0.05, 0) is 29.8 Å². The van der Waals surface area contributed by atoms with Crippen LogP contribution in [0.25, 0.3) is 0 Å². The third-order valence-electron chi connectivity index (χ3n) is 2.83. The van der Waals surface area contributed by atoms with Crippen LogP contribution in [0.4, 0.5) is 10.1 Å². The molecule has 20 heavy (non-hydrogen) atoms. The highest BCUT2D eigenvalue weighted by Crippen LogP contribution is 2.22. The van der Waals surface area contributed by atoms with E-state index in [9.17, 15) is 4.39 Å². The lowest BCUT2D eigenvalue weighted by Crippen LogP contribution is -2.00. The number of methoxy groups -OCH3 is 1. The molecule has 0 aliphatic carbocycles. The van der Waals surface area contributed by atoms with E-state index in [1.54, 1.807) is 18.2 Å². The van der Waals surface area contributed by atoms with E-state index in [0.717, 1.165) is 5.56 Å². The first kappa shape index (κ1) is 13.7. The molecule has 0 atom stereocenters. The molecule has 0 saturated heterocycles. The van der Waals surface area contributed by atoms with E-state index in [1.807, 2.05) is 6.07 Å². The van der Waals surface area contributed by atoms with Crippen molar-refractivity contribution in [1.29, 1.82) is 5.26 Å². The van der Waals surface area contributed by atoms with Gasteiger partial charge in [-0.25, -0.2) is 4.39 Å².